The second kappa shape index (κ2) is 4.70. The Hall–Kier alpha value is -0.300. The van der Waals surface area contributed by atoms with Crippen molar-refractivity contribution in [1.82, 2.24) is 0 Å². The predicted octanol–water partition coefficient (Wildman–Crippen LogP) is 0.313. The molecule has 0 rings (SSSR count). The molecular formula is C5H9O-. The molecule has 0 N–H and O–H groups in total. The molecule has 0 heterocycles. The van der Waals surface area contributed by atoms with Crippen molar-refractivity contribution >= 4 is 0 Å². The van der Waals surface area contributed by atoms with Crippen LogP contribution in [-0.2, 0) is 0 Å². The Morgan fingerprint density at radius 1 is 1.67 bits per heavy atom. The number of hydrogen-bond donors (Lipinski definition) is 0. The van der Waals surface area contributed by atoms with Gasteiger partial charge in [0, 0.05) is 0 Å². The van der Waals surface area contributed by atoms with Gasteiger partial charge in [-0.05, 0) is 6.92 Å². The molecule has 0 saturated carbocycles. The Morgan fingerprint density at radius 3 is 2.50 bits per heavy atom. The highest BCUT2D eigenvalue weighted by Crippen LogP contribution is 1.73. The van der Waals surface area contributed by atoms with E-state index in [1.807, 2.05) is 19.1 Å². The largest absolute Gasteiger partial charge is 0.854 e. The quantitative estimate of drug-likeness (QED) is 0.443. The van der Waals surface area contributed by atoms with Crippen molar-refractivity contribution in [3.05, 3.63) is 12.2 Å². The first kappa shape index (κ1) is 5.70. The van der Waals surface area contributed by atoms with Gasteiger partial charge >= 0.3 is 0 Å². The van der Waals surface area contributed by atoms with Gasteiger partial charge in [0.15, 0.2) is 0 Å². The average molecular weight is 85.1 g/mol. The zero-order valence-corrected chi connectivity index (χ0v) is 3.98. The molecule has 0 unspecified atom stereocenters. The summed E-state index contributed by atoms with van der Waals surface area (Å²) in [7, 11) is 0. The van der Waals surface area contributed by atoms with Gasteiger partial charge in [-0.2, -0.15) is 0 Å². The summed E-state index contributed by atoms with van der Waals surface area (Å²) in [5.41, 5.74) is 0. The molecule has 0 atom stereocenters. The summed E-state index contributed by atoms with van der Waals surface area (Å²) < 4.78 is 0. The molecule has 1 heteroatoms. The molecule has 0 saturated heterocycles. The molecule has 0 aromatic rings. The van der Waals surface area contributed by atoms with Crippen molar-refractivity contribution in [2.24, 2.45) is 0 Å². The molecule has 0 aliphatic heterocycles. The second-order valence-corrected chi connectivity index (χ2v) is 1.06. The molecule has 0 fully saturated rings. The summed E-state index contributed by atoms with van der Waals surface area (Å²) >= 11 is 0. The fourth-order valence-electron chi connectivity index (χ4n) is 0.235. The Morgan fingerprint density at radius 2 is 2.33 bits per heavy atom. The molecule has 0 aromatic carbocycles. The fourth-order valence-corrected chi connectivity index (χ4v) is 0.235. The number of rotatable bonds is 2. The molecular weight excluding hydrogens is 76.1 g/mol. The van der Waals surface area contributed by atoms with E-state index in [0.717, 1.165) is 0 Å². The van der Waals surface area contributed by atoms with Crippen molar-refractivity contribution in [2.45, 2.75) is 13.3 Å². The van der Waals surface area contributed by atoms with Crippen LogP contribution in [0.15, 0.2) is 12.2 Å². The highest BCUT2D eigenvalue weighted by Gasteiger charge is 1.57. The molecule has 1 nitrogen and oxygen atoms in total. The minimum atomic E-state index is 0.0182. The maximum Gasteiger partial charge on any atom is -0.0470 e. The van der Waals surface area contributed by atoms with E-state index in [4.69, 9.17) is 0 Å². The summed E-state index contributed by atoms with van der Waals surface area (Å²) in [6.07, 6.45) is 4.43. The van der Waals surface area contributed by atoms with Crippen LogP contribution >= 0.6 is 0 Å². The smallest absolute Gasteiger partial charge is 0.0470 e. The standard InChI is InChI=1S/C5H9O/c1-2-3-4-5-6/h2-3H,4-5H2,1H3/q-1/b3-2+. The minimum Gasteiger partial charge on any atom is -0.854 e. The van der Waals surface area contributed by atoms with Crippen LogP contribution in [0.4, 0.5) is 0 Å². The van der Waals surface area contributed by atoms with Crippen LogP contribution in [0, 0.1) is 0 Å². The fraction of sp³-hybridized carbons (Fsp3) is 0.600. The SMILES string of the molecule is C/C=C/CC[O-]. The molecule has 0 radical (unpaired) electrons. The van der Waals surface area contributed by atoms with Gasteiger partial charge in [0.05, 0.1) is 0 Å². The molecule has 0 bridgehead atoms. The van der Waals surface area contributed by atoms with Crippen molar-refractivity contribution < 1.29 is 5.11 Å². The van der Waals surface area contributed by atoms with Gasteiger partial charge in [0.25, 0.3) is 0 Å². The van der Waals surface area contributed by atoms with Crippen LogP contribution in [0.3, 0.4) is 0 Å². The van der Waals surface area contributed by atoms with Gasteiger partial charge in [0.1, 0.15) is 0 Å². The molecule has 6 heavy (non-hydrogen) atoms. The van der Waals surface area contributed by atoms with Gasteiger partial charge in [-0.3, -0.25) is 0 Å². The van der Waals surface area contributed by atoms with Gasteiger partial charge in [-0.25, -0.2) is 0 Å². The summed E-state index contributed by atoms with van der Waals surface area (Å²) in [5, 5.41) is 9.64. The third-order valence-electron chi connectivity index (χ3n) is 0.520. The van der Waals surface area contributed by atoms with Crippen LogP contribution in [0.25, 0.3) is 0 Å². The first-order valence-electron chi connectivity index (χ1n) is 2.11. The lowest BCUT2D eigenvalue weighted by Gasteiger charge is -1.92. The third kappa shape index (κ3) is 3.70. The van der Waals surface area contributed by atoms with E-state index >= 15 is 0 Å². The lowest BCUT2D eigenvalue weighted by molar-refractivity contribution is -0.366. The maximum atomic E-state index is 9.64. The molecule has 0 aliphatic carbocycles. The van der Waals surface area contributed by atoms with Crippen LogP contribution in [0.5, 0.6) is 0 Å². The average Bonchev–Trinajstić information content (AvgIpc) is 1.61. The molecule has 36 valence electrons. The van der Waals surface area contributed by atoms with E-state index in [9.17, 15) is 5.11 Å². The van der Waals surface area contributed by atoms with Crippen molar-refractivity contribution in [3.63, 3.8) is 0 Å². The van der Waals surface area contributed by atoms with E-state index in [1.165, 1.54) is 0 Å². The molecule has 0 aromatic heterocycles. The van der Waals surface area contributed by atoms with Crippen molar-refractivity contribution in [2.75, 3.05) is 6.61 Å². The summed E-state index contributed by atoms with van der Waals surface area (Å²) in [6.45, 7) is 1.93. The topological polar surface area (TPSA) is 23.1 Å². The minimum absolute atomic E-state index is 0.0182. The molecule has 0 amide bonds. The van der Waals surface area contributed by atoms with Crippen LogP contribution < -0.4 is 5.11 Å². The van der Waals surface area contributed by atoms with Gasteiger partial charge in [0.2, 0.25) is 0 Å². The summed E-state index contributed by atoms with van der Waals surface area (Å²) in [4.78, 5) is 0. The Bertz CT molecular complexity index is 39.2. The van der Waals surface area contributed by atoms with Gasteiger partial charge < -0.3 is 5.11 Å². The lowest BCUT2D eigenvalue weighted by Crippen LogP contribution is -2.02. The van der Waals surface area contributed by atoms with E-state index in [-0.39, 0.29) is 6.61 Å². The van der Waals surface area contributed by atoms with E-state index in [2.05, 4.69) is 0 Å². The normalized spacial score (nSPS) is 10.3. The van der Waals surface area contributed by atoms with E-state index < -0.39 is 0 Å². The number of allylic oxidation sites excluding steroid dienone is 1. The third-order valence-corrected chi connectivity index (χ3v) is 0.520. The Balaban J connectivity index is 2.66. The van der Waals surface area contributed by atoms with Crippen LogP contribution in [0.1, 0.15) is 13.3 Å². The molecule has 0 spiro atoms. The monoisotopic (exact) mass is 85.1 g/mol. The zero-order chi connectivity index (χ0) is 4.83. The Kier molecular flexibility index (Phi) is 4.46. The van der Waals surface area contributed by atoms with Crippen molar-refractivity contribution in [3.8, 4) is 0 Å². The first-order chi connectivity index (χ1) is 2.91. The van der Waals surface area contributed by atoms with Crippen LogP contribution in [0.2, 0.25) is 0 Å². The highest BCUT2D eigenvalue weighted by molar-refractivity contribution is 4.75. The van der Waals surface area contributed by atoms with E-state index in [1.54, 1.807) is 0 Å². The van der Waals surface area contributed by atoms with Gasteiger partial charge in [-0.1, -0.05) is 18.6 Å². The first-order valence-corrected chi connectivity index (χ1v) is 2.11. The highest BCUT2D eigenvalue weighted by atomic mass is 16.2. The second-order valence-electron chi connectivity index (χ2n) is 1.06. The zero-order valence-electron chi connectivity index (χ0n) is 3.98. The maximum absolute atomic E-state index is 9.64. The van der Waals surface area contributed by atoms with Gasteiger partial charge in [-0.15, -0.1) is 6.61 Å². The summed E-state index contributed by atoms with van der Waals surface area (Å²) in [5.74, 6) is 0. The van der Waals surface area contributed by atoms with Crippen LogP contribution in [-0.4, -0.2) is 6.61 Å². The Labute approximate surface area is 38.3 Å². The van der Waals surface area contributed by atoms with Crippen molar-refractivity contribution in [1.29, 1.82) is 0 Å². The number of hydrogen-bond acceptors (Lipinski definition) is 1. The molecule has 0 aliphatic rings. The lowest BCUT2D eigenvalue weighted by atomic mass is 10.4. The summed E-state index contributed by atoms with van der Waals surface area (Å²) in [6, 6.07) is 0. The predicted molar refractivity (Wildman–Crippen MR) is 24.3 cm³/mol. The van der Waals surface area contributed by atoms with E-state index in [0.29, 0.717) is 6.42 Å².